The molecule has 94 valence electrons. The molecule has 0 bridgehead atoms. The molecule has 1 aromatic carbocycles. The van der Waals surface area contributed by atoms with Crippen LogP contribution in [0.1, 0.15) is 10.4 Å². The first-order valence-electron chi connectivity index (χ1n) is 5.20. The van der Waals surface area contributed by atoms with Gasteiger partial charge in [0.15, 0.2) is 5.78 Å². The lowest BCUT2D eigenvalue weighted by Crippen LogP contribution is -2.28. The van der Waals surface area contributed by atoms with Crippen LogP contribution in [0.15, 0.2) is 18.2 Å². The number of nitrogens with zero attached hydrogens (tertiary/aromatic N) is 1. The lowest BCUT2D eigenvalue weighted by molar-refractivity contribution is 0.0945. The Morgan fingerprint density at radius 3 is 2.71 bits per heavy atom. The zero-order valence-electron chi connectivity index (χ0n) is 9.87. The van der Waals surface area contributed by atoms with E-state index in [2.05, 4.69) is 0 Å². The van der Waals surface area contributed by atoms with Crippen LogP contribution in [-0.2, 0) is 0 Å². The van der Waals surface area contributed by atoms with Crippen molar-refractivity contribution >= 4 is 17.5 Å². The molecule has 0 saturated carbocycles. The molecule has 0 radical (unpaired) electrons. The minimum absolute atomic E-state index is 0.0533. The van der Waals surface area contributed by atoms with E-state index in [0.717, 1.165) is 24.4 Å². The third-order valence-electron chi connectivity index (χ3n) is 2.32. The first kappa shape index (κ1) is 14.1. The molecule has 0 heterocycles. The van der Waals surface area contributed by atoms with E-state index in [1.165, 1.54) is 6.07 Å². The summed E-state index contributed by atoms with van der Waals surface area (Å²) >= 11 is 1.68. The van der Waals surface area contributed by atoms with Crippen LogP contribution in [0.2, 0.25) is 0 Å². The second-order valence-electron chi connectivity index (χ2n) is 3.78. The van der Waals surface area contributed by atoms with Crippen LogP contribution in [0.3, 0.4) is 0 Å². The van der Waals surface area contributed by atoms with Crippen molar-refractivity contribution < 1.29 is 13.6 Å². The predicted molar refractivity (Wildman–Crippen MR) is 66.6 cm³/mol. The maximum absolute atomic E-state index is 13.3. The summed E-state index contributed by atoms with van der Waals surface area (Å²) in [5.74, 6) is -0.885. The summed E-state index contributed by atoms with van der Waals surface area (Å²) in [5, 5.41) is 0. The fourth-order valence-electron chi connectivity index (χ4n) is 1.37. The van der Waals surface area contributed by atoms with Gasteiger partial charge < -0.3 is 0 Å². The summed E-state index contributed by atoms with van der Waals surface area (Å²) in [4.78, 5) is 13.6. The van der Waals surface area contributed by atoms with E-state index in [4.69, 9.17) is 0 Å². The maximum atomic E-state index is 13.3. The monoisotopic (exact) mass is 259 g/mol. The number of likely N-dealkylation sites (N-methyl/N-ethyl adjacent to an activating group) is 1. The van der Waals surface area contributed by atoms with Gasteiger partial charge >= 0.3 is 0 Å². The molecule has 0 aromatic heterocycles. The minimum atomic E-state index is -0.798. The quantitative estimate of drug-likeness (QED) is 0.732. The Kier molecular flexibility index (Phi) is 5.58. The van der Waals surface area contributed by atoms with Gasteiger partial charge in [-0.2, -0.15) is 11.8 Å². The summed E-state index contributed by atoms with van der Waals surface area (Å²) in [6.45, 7) is 0.902. The number of benzene rings is 1. The molecular formula is C12H15F2NOS. The number of carbonyl (C=O) groups excluding carboxylic acids is 1. The highest BCUT2D eigenvalue weighted by molar-refractivity contribution is 7.98. The van der Waals surface area contributed by atoms with Gasteiger partial charge in [0, 0.05) is 18.4 Å². The Hall–Kier alpha value is -0.940. The van der Waals surface area contributed by atoms with Gasteiger partial charge in [0.2, 0.25) is 0 Å². The summed E-state index contributed by atoms with van der Waals surface area (Å²) < 4.78 is 26.0. The Morgan fingerprint density at radius 2 is 2.12 bits per heavy atom. The molecular weight excluding hydrogens is 244 g/mol. The van der Waals surface area contributed by atoms with E-state index < -0.39 is 11.6 Å². The molecule has 0 aliphatic heterocycles. The fraction of sp³-hybridized carbons (Fsp3) is 0.417. The second-order valence-corrected chi connectivity index (χ2v) is 4.76. The molecule has 5 heteroatoms. The molecule has 0 unspecified atom stereocenters. The Balaban J connectivity index is 2.63. The molecule has 1 aromatic rings. The van der Waals surface area contributed by atoms with E-state index in [1.807, 2.05) is 11.2 Å². The number of ketones is 1. The van der Waals surface area contributed by atoms with Crippen molar-refractivity contribution in [3.8, 4) is 0 Å². The van der Waals surface area contributed by atoms with Crippen molar-refractivity contribution in [3.05, 3.63) is 35.4 Å². The first-order chi connectivity index (χ1) is 8.04. The lowest BCUT2D eigenvalue weighted by Gasteiger charge is -2.14. The SMILES string of the molecule is CSCCN(C)CC(=O)c1ccc(F)cc1F. The summed E-state index contributed by atoms with van der Waals surface area (Å²) in [7, 11) is 1.80. The van der Waals surface area contributed by atoms with Gasteiger partial charge in [0.05, 0.1) is 12.1 Å². The standard InChI is InChI=1S/C12H15F2NOS/c1-15(5-6-17-2)8-12(16)10-4-3-9(13)7-11(10)14/h3-4,7H,5-6,8H2,1-2H3. The zero-order chi connectivity index (χ0) is 12.8. The van der Waals surface area contributed by atoms with Crippen LogP contribution < -0.4 is 0 Å². The van der Waals surface area contributed by atoms with Gasteiger partial charge in [0.1, 0.15) is 11.6 Å². The van der Waals surface area contributed by atoms with Gasteiger partial charge in [-0.1, -0.05) is 0 Å². The summed E-state index contributed by atoms with van der Waals surface area (Å²) in [6.07, 6.45) is 1.98. The minimum Gasteiger partial charge on any atom is -0.298 e. The number of rotatable bonds is 6. The van der Waals surface area contributed by atoms with Gasteiger partial charge in [-0.3, -0.25) is 9.69 Å². The molecule has 0 aliphatic rings. The smallest absolute Gasteiger partial charge is 0.179 e. The molecule has 0 spiro atoms. The van der Waals surface area contributed by atoms with Crippen molar-refractivity contribution in [2.75, 3.05) is 32.1 Å². The number of Topliss-reactive ketones (excluding diaryl/α,β-unsaturated/α-hetero) is 1. The molecule has 17 heavy (non-hydrogen) atoms. The highest BCUT2D eigenvalue weighted by Crippen LogP contribution is 2.10. The highest BCUT2D eigenvalue weighted by Gasteiger charge is 2.14. The fourth-order valence-corrected chi connectivity index (χ4v) is 1.87. The first-order valence-corrected chi connectivity index (χ1v) is 6.59. The number of halogens is 2. The lowest BCUT2D eigenvalue weighted by atomic mass is 10.1. The Morgan fingerprint density at radius 1 is 1.41 bits per heavy atom. The molecule has 0 N–H and O–H groups in total. The van der Waals surface area contributed by atoms with Gasteiger partial charge in [-0.05, 0) is 25.4 Å². The Bertz CT molecular complexity index is 398. The molecule has 0 aliphatic carbocycles. The average molecular weight is 259 g/mol. The predicted octanol–water partition coefficient (Wildman–Crippen LogP) is 2.44. The van der Waals surface area contributed by atoms with Gasteiger partial charge in [-0.15, -0.1) is 0 Å². The van der Waals surface area contributed by atoms with Crippen molar-refractivity contribution in [1.29, 1.82) is 0 Å². The van der Waals surface area contributed by atoms with Crippen molar-refractivity contribution in [2.24, 2.45) is 0 Å². The maximum Gasteiger partial charge on any atom is 0.179 e. The van der Waals surface area contributed by atoms with Gasteiger partial charge in [-0.25, -0.2) is 8.78 Å². The van der Waals surface area contributed by atoms with Crippen molar-refractivity contribution in [3.63, 3.8) is 0 Å². The number of hydrogen-bond donors (Lipinski definition) is 0. The van der Waals surface area contributed by atoms with E-state index >= 15 is 0 Å². The molecule has 0 saturated heterocycles. The van der Waals surface area contributed by atoms with E-state index in [0.29, 0.717) is 0 Å². The number of carbonyl (C=O) groups is 1. The van der Waals surface area contributed by atoms with Crippen LogP contribution in [0.5, 0.6) is 0 Å². The summed E-state index contributed by atoms with van der Waals surface area (Å²) in [6, 6.07) is 3.02. The van der Waals surface area contributed by atoms with E-state index in [-0.39, 0.29) is 17.9 Å². The number of thioether (sulfide) groups is 1. The molecule has 0 amide bonds. The second kappa shape index (κ2) is 6.71. The highest BCUT2D eigenvalue weighted by atomic mass is 32.2. The van der Waals surface area contributed by atoms with Crippen LogP contribution in [-0.4, -0.2) is 42.8 Å². The molecule has 1 rings (SSSR count). The average Bonchev–Trinajstić information content (AvgIpc) is 2.26. The molecule has 0 atom stereocenters. The van der Waals surface area contributed by atoms with E-state index in [9.17, 15) is 13.6 Å². The largest absolute Gasteiger partial charge is 0.298 e. The molecule has 0 fully saturated rings. The number of hydrogen-bond acceptors (Lipinski definition) is 3. The van der Waals surface area contributed by atoms with Crippen LogP contribution in [0.4, 0.5) is 8.78 Å². The topological polar surface area (TPSA) is 20.3 Å². The zero-order valence-corrected chi connectivity index (χ0v) is 10.7. The van der Waals surface area contributed by atoms with Crippen molar-refractivity contribution in [1.82, 2.24) is 4.90 Å². The third-order valence-corrected chi connectivity index (χ3v) is 2.91. The van der Waals surface area contributed by atoms with E-state index in [1.54, 1.807) is 18.8 Å². The summed E-state index contributed by atoms with van der Waals surface area (Å²) in [5.41, 5.74) is -0.0533. The normalized spacial score (nSPS) is 10.9. The third kappa shape index (κ3) is 4.44. The molecule has 2 nitrogen and oxygen atoms in total. The van der Waals surface area contributed by atoms with Gasteiger partial charge in [0.25, 0.3) is 0 Å². The Labute approximate surface area is 104 Å². The van der Waals surface area contributed by atoms with Crippen LogP contribution >= 0.6 is 11.8 Å². The van der Waals surface area contributed by atoms with Crippen molar-refractivity contribution in [2.45, 2.75) is 0 Å². The van der Waals surface area contributed by atoms with Crippen LogP contribution in [0.25, 0.3) is 0 Å². The van der Waals surface area contributed by atoms with Crippen LogP contribution in [0, 0.1) is 11.6 Å².